The molecule has 2 atom stereocenters. The van der Waals surface area contributed by atoms with Gasteiger partial charge in [-0.15, -0.1) is 0 Å². The molecule has 2 aliphatic heterocycles. The van der Waals surface area contributed by atoms with E-state index in [1.807, 2.05) is 36.3 Å². The summed E-state index contributed by atoms with van der Waals surface area (Å²) in [5.74, 6) is -0.894. The monoisotopic (exact) mass is 582 g/mol. The number of likely N-dealkylation sites (N-methyl/N-ethyl adjacent to an activating group) is 1. The predicted octanol–water partition coefficient (Wildman–Crippen LogP) is 4.52. The number of carbonyl (C=O) groups is 2. The zero-order valence-electron chi connectivity index (χ0n) is 22.3. The molecule has 0 bridgehead atoms. The molecule has 1 N–H and O–H groups in total. The van der Waals surface area contributed by atoms with E-state index in [2.05, 4.69) is 9.99 Å². The third-order valence-corrected chi connectivity index (χ3v) is 8.12. The van der Waals surface area contributed by atoms with Crippen molar-refractivity contribution in [2.24, 2.45) is 0 Å². The predicted molar refractivity (Wildman–Crippen MR) is 153 cm³/mol. The van der Waals surface area contributed by atoms with Gasteiger partial charge in [0.2, 0.25) is 0 Å². The van der Waals surface area contributed by atoms with Gasteiger partial charge in [0, 0.05) is 55.6 Å². The summed E-state index contributed by atoms with van der Waals surface area (Å²) in [6.07, 6.45) is 3.90. The van der Waals surface area contributed by atoms with E-state index in [1.165, 1.54) is 11.5 Å². The van der Waals surface area contributed by atoms with Crippen molar-refractivity contribution in [1.82, 2.24) is 20.1 Å². The van der Waals surface area contributed by atoms with Crippen LogP contribution in [0, 0.1) is 0 Å². The second kappa shape index (κ2) is 12.3. The molecule has 1 saturated heterocycles. The number of aromatic nitrogens is 1. The van der Waals surface area contributed by atoms with Crippen molar-refractivity contribution in [3.05, 3.63) is 99.3 Å². The summed E-state index contributed by atoms with van der Waals surface area (Å²) in [5.41, 5.74) is 1.45. The zero-order valence-corrected chi connectivity index (χ0v) is 23.8. The van der Waals surface area contributed by atoms with Crippen molar-refractivity contribution in [2.75, 3.05) is 33.3 Å². The van der Waals surface area contributed by atoms with Gasteiger partial charge in [-0.3, -0.25) is 19.4 Å². The first-order valence-electron chi connectivity index (χ1n) is 13.4. The molecule has 3 heterocycles. The van der Waals surface area contributed by atoms with Crippen LogP contribution in [0.4, 0.5) is 0 Å². The maximum Gasteiger partial charge on any atom is 0.279 e. The third kappa shape index (κ3) is 5.79. The van der Waals surface area contributed by atoms with Crippen LogP contribution in [0.25, 0.3) is 0 Å². The molecule has 10 heteroatoms. The quantitative estimate of drug-likeness (QED) is 0.376. The van der Waals surface area contributed by atoms with Crippen LogP contribution in [-0.2, 0) is 21.6 Å². The Bertz CT molecular complexity index is 1350. The number of fused-ring (bicyclic) bond motifs is 1. The minimum absolute atomic E-state index is 0.146. The number of hydrogen-bond acceptors (Lipinski definition) is 7. The number of nitrogens with zero attached hydrogens (tertiary/aromatic N) is 4. The lowest BCUT2D eigenvalue weighted by atomic mass is 9.79. The van der Waals surface area contributed by atoms with Gasteiger partial charge in [-0.05, 0) is 54.3 Å². The van der Waals surface area contributed by atoms with Crippen molar-refractivity contribution in [3.8, 4) is 0 Å². The number of amides is 1. The Balaban J connectivity index is 1.45. The molecule has 1 aromatic heterocycles. The summed E-state index contributed by atoms with van der Waals surface area (Å²) in [7, 11) is 1.87. The highest BCUT2D eigenvalue weighted by Gasteiger charge is 2.52. The van der Waals surface area contributed by atoms with E-state index in [9.17, 15) is 14.7 Å². The lowest BCUT2D eigenvalue weighted by Crippen LogP contribution is -2.50. The fourth-order valence-corrected chi connectivity index (χ4v) is 5.78. The van der Waals surface area contributed by atoms with E-state index in [4.69, 9.17) is 28.0 Å². The Morgan fingerprint density at radius 2 is 1.75 bits per heavy atom. The van der Waals surface area contributed by atoms with Crippen LogP contribution in [0.3, 0.4) is 0 Å². The first kappa shape index (κ1) is 28.7. The van der Waals surface area contributed by atoms with Crippen molar-refractivity contribution < 1.29 is 19.5 Å². The van der Waals surface area contributed by atoms with E-state index in [0.29, 0.717) is 21.3 Å². The van der Waals surface area contributed by atoms with Gasteiger partial charge in [0.05, 0.1) is 5.02 Å². The number of pyridine rings is 1. The van der Waals surface area contributed by atoms with Gasteiger partial charge in [0.25, 0.3) is 5.91 Å². The molecule has 2 aliphatic rings. The van der Waals surface area contributed by atoms with Crippen molar-refractivity contribution in [3.63, 3.8) is 0 Å². The number of hydrogen-bond donors (Lipinski definition) is 1. The lowest BCUT2D eigenvalue weighted by Gasteiger charge is -2.38. The Kier molecular flexibility index (Phi) is 8.85. The first-order valence-corrected chi connectivity index (χ1v) is 14.2. The molecule has 2 aromatic carbocycles. The molecule has 0 spiro atoms. The second-order valence-electron chi connectivity index (χ2n) is 10.3. The van der Waals surface area contributed by atoms with Gasteiger partial charge in [-0.2, -0.15) is 0 Å². The standard InChI is InChI=1S/C30H32Cl2N4O4/c1-34(35-15-5-2-6-16-35)19-27(37)28(38)20-40-36-29(39)25-7-3-4-8-26(25)30(36,21-9-11-22(31)12-10-21)17-24-14-13-23(32)18-33-24/h3-4,7-14,18,27,37H,2,5-6,15-17,19-20H2,1H3/t27?,30-/m1/s1. The first-order chi connectivity index (χ1) is 19.3. The van der Waals surface area contributed by atoms with Crippen molar-refractivity contribution in [1.29, 1.82) is 0 Å². The number of Topliss-reactive ketones (excluding diaryl/α,β-unsaturated/α-hetero) is 1. The van der Waals surface area contributed by atoms with Crippen LogP contribution < -0.4 is 0 Å². The lowest BCUT2D eigenvalue weighted by molar-refractivity contribution is -0.181. The Morgan fingerprint density at radius 1 is 1.05 bits per heavy atom. The third-order valence-electron chi connectivity index (χ3n) is 7.64. The number of carbonyl (C=O) groups excluding carboxylic acids is 2. The number of ketones is 1. The average molecular weight is 584 g/mol. The number of halogens is 2. The van der Waals surface area contributed by atoms with E-state index in [0.717, 1.165) is 37.1 Å². The Morgan fingerprint density at radius 3 is 2.45 bits per heavy atom. The Hall–Kier alpha value is -2.85. The van der Waals surface area contributed by atoms with Crippen LogP contribution in [0.2, 0.25) is 10.0 Å². The van der Waals surface area contributed by atoms with Gasteiger partial charge in [0.15, 0.2) is 5.78 Å². The number of aliphatic hydroxyl groups is 1. The number of hydrazine groups is 1. The van der Waals surface area contributed by atoms with Gasteiger partial charge in [-0.1, -0.05) is 60.0 Å². The topological polar surface area (TPSA) is 86.2 Å². The summed E-state index contributed by atoms with van der Waals surface area (Å²) < 4.78 is 0. The van der Waals surface area contributed by atoms with E-state index in [-0.39, 0.29) is 18.9 Å². The highest BCUT2D eigenvalue weighted by molar-refractivity contribution is 6.30. The van der Waals surface area contributed by atoms with Crippen molar-refractivity contribution in [2.45, 2.75) is 37.3 Å². The molecule has 0 aliphatic carbocycles. The van der Waals surface area contributed by atoms with Crippen LogP contribution in [0.15, 0.2) is 66.9 Å². The van der Waals surface area contributed by atoms with E-state index < -0.39 is 24.0 Å². The van der Waals surface area contributed by atoms with Crippen LogP contribution >= 0.6 is 23.2 Å². The van der Waals surface area contributed by atoms with Crippen LogP contribution in [0.1, 0.15) is 46.4 Å². The summed E-state index contributed by atoms with van der Waals surface area (Å²) in [6.45, 7) is 1.47. The number of piperidine rings is 1. The zero-order chi connectivity index (χ0) is 28.3. The molecule has 3 aromatic rings. The van der Waals surface area contributed by atoms with Gasteiger partial charge in [0.1, 0.15) is 18.2 Å². The number of aliphatic hydroxyl groups excluding tert-OH is 1. The molecule has 1 unspecified atom stereocenters. The van der Waals surface area contributed by atoms with E-state index in [1.54, 1.807) is 42.6 Å². The van der Waals surface area contributed by atoms with Gasteiger partial charge >= 0.3 is 0 Å². The largest absolute Gasteiger partial charge is 0.384 e. The molecule has 210 valence electrons. The maximum atomic E-state index is 13.8. The summed E-state index contributed by atoms with van der Waals surface area (Å²) in [6, 6.07) is 18.0. The fourth-order valence-electron chi connectivity index (χ4n) is 5.54. The van der Waals surface area contributed by atoms with Crippen LogP contribution in [0.5, 0.6) is 0 Å². The molecule has 40 heavy (non-hydrogen) atoms. The molecular weight excluding hydrogens is 551 g/mol. The van der Waals surface area contributed by atoms with Gasteiger partial charge in [-0.25, -0.2) is 15.1 Å². The molecule has 0 saturated carbocycles. The molecule has 0 radical (unpaired) electrons. The molecular formula is C30H32Cl2N4O4. The fraction of sp³-hybridized carbons (Fsp3) is 0.367. The number of benzene rings is 2. The van der Waals surface area contributed by atoms with Gasteiger partial charge < -0.3 is 5.11 Å². The maximum absolute atomic E-state index is 13.8. The molecule has 1 fully saturated rings. The SMILES string of the molecule is CN(CC(O)C(=O)CON1C(=O)c2ccccc2[C@@]1(Cc1ccc(Cl)cn1)c1ccc(Cl)cc1)N1CCCCC1. The summed E-state index contributed by atoms with van der Waals surface area (Å²) >= 11 is 12.3. The smallest absolute Gasteiger partial charge is 0.279 e. The minimum atomic E-state index is -1.27. The second-order valence-corrected chi connectivity index (χ2v) is 11.1. The summed E-state index contributed by atoms with van der Waals surface area (Å²) in [5, 5.41) is 17.1. The minimum Gasteiger partial charge on any atom is -0.384 e. The normalized spacial score (nSPS) is 20.1. The number of rotatable bonds is 10. The van der Waals surface area contributed by atoms with E-state index >= 15 is 0 Å². The Labute approximate surface area is 244 Å². The van der Waals surface area contributed by atoms with Crippen LogP contribution in [-0.4, -0.2) is 76.3 Å². The molecule has 8 nitrogen and oxygen atoms in total. The average Bonchev–Trinajstić information content (AvgIpc) is 3.21. The molecule has 5 rings (SSSR count). The molecule has 1 amide bonds. The number of hydroxylamine groups is 2. The highest BCUT2D eigenvalue weighted by Crippen LogP contribution is 2.46. The van der Waals surface area contributed by atoms with Crippen molar-refractivity contribution >= 4 is 34.9 Å². The summed E-state index contributed by atoms with van der Waals surface area (Å²) in [4.78, 5) is 37.4. The highest BCUT2D eigenvalue weighted by atomic mass is 35.5.